The first-order valence-electron chi connectivity index (χ1n) is 5.83. The van der Waals surface area contributed by atoms with E-state index in [2.05, 4.69) is 0 Å². The summed E-state index contributed by atoms with van der Waals surface area (Å²) in [5, 5.41) is 1.25. The van der Waals surface area contributed by atoms with Gasteiger partial charge in [-0.2, -0.15) is 0 Å². The first-order chi connectivity index (χ1) is 9.38. The summed E-state index contributed by atoms with van der Waals surface area (Å²) in [6.07, 6.45) is 1.22. The van der Waals surface area contributed by atoms with Crippen LogP contribution in [0.5, 0.6) is 0 Å². The lowest BCUT2D eigenvalue weighted by Crippen LogP contribution is -1.96. The van der Waals surface area contributed by atoms with Crippen molar-refractivity contribution in [1.29, 1.82) is 0 Å². The minimum absolute atomic E-state index is 0.171. The van der Waals surface area contributed by atoms with Crippen LogP contribution < -0.4 is 0 Å². The minimum atomic E-state index is -3.58. The van der Waals surface area contributed by atoms with Crippen LogP contribution in [0.15, 0.2) is 52.8 Å². The summed E-state index contributed by atoms with van der Waals surface area (Å²) < 4.78 is 37.7. The topological polar surface area (TPSA) is 34.1 Å². The van der Waals surface area contributed by atoms with Crippen LogP contribution in [0.1, 0.15) is 11.1 Å². The molecular weight excluding hydrogens is 299 g/mol. The van der Waals surface area contributed by atoms with Gasteiger partial charge in [0.05, 0.1) is 4.90 Å². The van der Waals surface area contributed by atoms with Crippen molar-refractivity contribution in [2.75, 3.05) is 0 Å². The molecule has 2 rings (SSSR count). The Kier molecular flexibility index (Phi) is 4.26. The first kappa shape index (κ1) is 14.8. The molecule has 0 aliphatic carbocycles. The van der Waals surface area contributed by atoms with Crippen molar-refractivity contribution in [3.8, 4) is 0 Å². The van der Waals surface area contributed by atoms with Gasteiger partial charge in [-0.3, -0.25) is 0 Å². The van der Waals surface area contributed by atoms with Gasteiger partial charge in [0, 0.05) is 16.0 Å². The van der Waals surface area contributed by atoms with Crippen LogP contribution in [0.25, 0.3) is 6.08 Å². The van der Waals surface area contributed by atoms with Crippen LogP contribution in [-0.4, -0.2) is 8.42 Å². The van der Waals surface area contributed by atoms with Gasteiger partial charge in [-0.15, -0.1) is 0 Å². The maximum absolute atomic E-state index is 13.6. The van der Waals surface area contributed by atoms with E-state index in [1.54, 1.807) is 12.1 Å². The van der Waals surface area contributed by atoms with E-state index in [0.717, 1.165) is 17.0 Å². The number of benzene rings is 2. The van der Waals surface area contributed by atoms with Crippen molar-refractivity contribution in [2.45, 2.75) is 11.8 Å². The molecule has 0 radical (unpaired) electrons. The van der Waals surface area contributed by atoms with Crippen LogP contribution in [0.3, 0.4) is 0 Å². The zero-order valence-electron chi connectivity index (χ0n) is 10.7. The van der Waals surface area contributed by atoms with Crippen molar-refractivity contribution in [3.63, 3.8) is 0 Å². The van der Waals surface area contributed by atoms with E-state index in [1.165, 1.54) is 30.3 Å². The van der Waals surface area contributed by atoms with Gasteiger partial charge in [-0.1, -0.05) is 35.4 Å². The quantitative estimate of drug-likeness (QED) is 0.850. The second-order valence-electron chi connectivity index (χ2n) is 4.33. The number of hydrogen-bond acceptors (Lipinski definition) is 2. The Morgan fingerprint density at radius 3 is 2.35 bits per heavy atom. The van der Waals surface area contributed by atoms with Gasteiger partial charge in [0.1, 0.15) is 5.82 Å². The Morgan fingerprint density at radius 2 is 1.75 bits per heavy atom. The fourth-order valence-corrected chi connectivity index (χ4v) is 2.76. The van der Waals surface area contributed by atoms with E-state index in [-0.39, 0.29) is 15.5 Å². The van der Waals surface area contributed by atoms with Crippen LogP contribution in [0.2, 0.25) is 5.02 Å². The van der Waals surface area contributed by atoms with Gasteiger partial charge in [0.25, 0.3) is 0 Å². The molecule has 0 N–H and O–H groups in total. The second-order valence-corrected chi connectivity index (χ2v) is 6.60. The minimum Gasteiger partial charge on any atom is -0.219 e. The summed E-state index contributed by atoms with van der Waals surface area (Å²) in [6.45, 7) is 1.87. The summed E-state index contributed by atoms with van der Waals surface area (Å²) in [7, 11) is -3.58. The van der Waals surface area contributed by atoms with Crippen LogP contribution >= 0.6 is 11.6 Å². The predicted octanol–water partition coefficient (Wildman–Crippen LogP) is 4.23. The van der Waals surface area contributed by atoms with Gasteiger partial charge in [-0.05, 0) is 37.3 Å². The molecule has 0 fully saturated rings. The highest BCUT2D eigenvalue weighted by atomic mass is 35.5. The molecule has 0 unspecified atom stereocenters. The molecule has 0 bridgehead atoms. The van der Waals surface area contributed by atoms with Gasteiger partial charge >= 0.3 is 0 Å². The highest BCUT2D eigenvalue weighted by Gasteiger charge is 2.10. The number of hydrogen-bond donors (Lipinski definition) is 0. The number of sulfone groups is 1. The van der Waals surface area contributed by atoms with Crippen molar-refractivity contribution in [1.82, 2.24) is 0 Å². The highest BCUT2D eigenvalue weighted by molar-refractivity contribution is 7.94. The Labute approximate surface area is 122 Å². The Balaban J connectivity index is 2.32. The summed E-state index contributed by atoms with van der Waals surface area (Å²) in [5.41, 5.74) is 1.14. The zero-order valence-corrected chi connectivity index (χ0v) is 12.2. The fraction of sp³-hybridized carbons (Fsp3) is 0.0667. The smallest absolute Gasteiger partial charge is 0.199 e. The molecule has 2 aromatic carbocycles. The summed E-state index contributed by atoms with van der Waals surface area (Å²) in [6, 6.07) is 10.5. The molecule has 0 aliphatic rings. The molecule has 2 nitrogen and oxygen atoms in total. The lowest BCUT2D eigenvalue weighted by atomic mass is 10.2. The van der Waals surface area contributed by atoms with E-state index in [1.807, 2.05) is 6.92 Å². The van der Waals surface area contributed by atoms with Gasteiger partial charge in [-0.25, -0.2) is 12.8 Å². The molecule has 5 heteroatoms. The molecule has 0 spiro atoms. The molecule has 104 valence electrons. The van der Waals surface area contributed by atoms with Crippen molar-refractivity contribution < 1.29 is 12.8 Å². The monoisotopic (exact) mass is 310 g/mol. The Morgan fingerprint density at radius 1 is 1.10 bits per heavy atom. The third kappa shape index (κ3) is 3.46. The van der Waals surface area contributed by atoms with Crippen molar-refractivity contribution in [3.05, 3.63) is 69.8 Å². The van der Waals surface area contributed by atoms with E-state index in [0.29, 0.717) is 0 Å². The largest absolute Gasteiger partial charge is 0.219 e. The molecule has 0 saturated carbocycles. The van der Waals surface area contributed by atoms with Gasteiger partial charge in [0.2, 0.25) is 0 Å². The molecule has 20 heavy (non-hydrogen) atoms. The average Bonchev–Trinajstić information content (AvgIpc) is 2.38. The lowest BCUT2D eigenvalue weighted by molar-refractivity contribution is 0.605. The summed E-state index contributed by atoms with van der Waals surface area (Å²) in [5.74, 6) is -0.562. The Bertz CT molecular complexity index is 750. The van der Waals surface area contributed by atoms with E-state index in [9.17, 15) is 12.8 Å². The maximum atomic E-state index is 13.6. The van der Waals surface area contributed by atoms with Crippen LogP contribution in [-0.2, 0) is 9.84 Å². The van der Waals surface area contributed by atoms with Crippen LogP contribution in [0, 0.1) is 12.7 Å². The second kappa shape index (κ2) is 5.77. The molecule has 0 aromatic heterocycles. The third-order valence-electron chi connectivity index (χ3n) is 2.74. The molecule has 0 amide bonds. The third-order valence-corrected chi connectivity index (χ3v) is 4.40. The number of halogens is 2. The van der Waals surface area contributed by atoms with E-state index < -0.39 is 15.7 Å². The average molecular weight is 311 g/mol. The number of aryl methyl sites for hydroxylation is 1. The van der Waals surface area contributed by atoms with Crippen molar-refractivity contribution >= 4 is 27.5 Å². The predicted molar refractivity (Wildman–Crippen MR) is 78.8 cm³/mol. The standard InChI is InChI=1S/C15H12ClFO2S/c1-11-2-6-14(7-3-11)20(18,19)9-8-12-4-5-13(16)10-15(12)17/h2-10H,1H3. The maximum Gasteiger partial charge on any atom is 0.199 e. The Hall–Kier alpha value is -1.65. The zero-order chi connectivity index (χ0) is 14.8. The lowest BCUT2D eigenvalue weighted by Gasteiger charge is -2.01. The first-order valence-corrected chi connectivity index (χ1v) is 7.76. The molecule has 0 atom stereocenters. The van der Waals surface area contributed by atoms with Crippen LogP contribution in [0.4, 0.5) is 4.39 Å². The molecular formula is C15H12ClFO2S. The van der Waals surface area contributed by atoms with Gasteiger partial charge in [0.15, 0.2) is 9.84 Å². The van der Waals surface area contributed by atoms with E-state index in [4.69, 9.17) is 11.6 Å². The van der Waals surface area contributed by atoms with E-state index >= 15 is 0 Å². The fourth-order valence-electron chi connectivity index (χ4n) is 1.61. The molecule has 2 aromatic rings. The molecule has 0 heterocycles. The number of rotatable bonds is 3. The molecule has 0 aliphatic heterocycles. The summed E-state index contributed by atoms with van der Waals surface area (Å²) >= 11 is 5.64. The van der Waals surface area contributed by atoms with Crippen molar-refractivity contribution in [2.24, 2.45) is 0 Å². The van der Waals surface area contributed by atoms with Gasteiger partial charge < -0.3 is 0 Å². The normalized spacial score (nSPS) is 11.9. The molecule has 0 saturated heterocycles. The highest BCUT2D eigenvalue weighted by Crippen LogP contribution is 2.18. The SMILES string of the molecule is Cc1ccc(S(=O)(=O)C=Cc2ccc(Cl)cc2F)cc1. The summed E-state index contributed by atoms with van der Waals surface area (Å²) in [4.78, 5) is 0.175.